The number of rotatable bonds is 3. The molecule has 2 amide bonds. The summed E-state index contributed by atoms with van der Waals surface area (Å²) in [6, 6.07) is 5.32. The molecule has 0 radical (unpaired) electrons. The van der Waals surface area contributed by atoms with Crippen LogP contribution >= 0.6 is 0 Å². The molecule has 7 nitrogen and oxygen atoms in total. The van der Waals surface area contributed by atoms with E-state index in [4.69, 9.17) is 0 Å². The van der Waals surface area contributed by atoms with Gasteiger partial charge in [-0.3, -0.25) is 9.59 Å². The van der Waals surface area contributed by atoms with Crippen LogP contribution in [0.4, 0.5) is 5.69 Å². The number of carbonyl (C=O) groups excluding carboxylic acids is 2. The van der Waals surface area contributed by atoms with Crippen LogP contribution in [0, 0.1) is 0 Å². The van der Waals surface area contributed by atoms with Crippen LogP contribution in [0.15, 0.2) is 18.2 Å². The first kappa shape index (κ1) is 15.8. The van der Waals surface area contributed by atoms with Crippen molar-refractivity contribution in [2.75, 3.05) is 11.4 Å². The summed E-state index contributed by atoms with van der Waals surface area (Å²) < 4.78 is 2.10. The summed E-state index contributed by atoms with van der Waals surface area (Å²) in [7, 11) is 0. The molecule has 2 aromatic rings. The highest BCUT2D eigenvalue weighted by atomic mass is 16.2. The molecule has 0 fully saturated rings. The van der Waals surface area contributed by atoms with E-state index < -0.39 is 0 Å². The summed E-state index contributed by atoms with van der Waals surface area (Å²) in [6.07, 6.45) is 2.81. The molecule has 0 bridgehead atoms. The first-order valence-electron chi connectivity index (χ1n) is 8.68. The molecule has 0 saturated carbocycles. The second-order valence-electron chi connectivity index (χ2n) is 6.69. The Morgan fingerprint density at radius 1 is 1.20 bits per heavy atom. The van der Waals surface area contributed by atoms with E-state index in [1.807, 2.05) is 19.1 Å². The number of aromatic nitrogens is 3. The van der Waals surface area contributed by atoms with E-state index in [0.29, 0.717) is 12.1 Å². The topological polar surface area (TPSA) is 80.1 Å². The maximum absolute atomic E-state index is 12.6. The first-order valence-corrected chi connectivity index (χ1v) is 8.68. The zero-order chi connectivity index (χ0) is 17.6. The third-order valence-corrected chi connectivity index (χ3v) is 4.99. The number of nitrogens with zero attached hydrogens (tertiary/aromatic N) is 4. The predicted octanol–water partition coefficient (Wildman–Crippen LogP) is 1.62. The van der Waals surface area contributed by atoms with Crippen LogP contribution in [0.2, 0.25) is 0 Å². The third kappa shape index (κ3) is 2.69. The van der Waals surface area contributed by atoms with Crippen molar-refractivity contribution in [3.05, 3.63) is 41.0 Å². The molecule has 2 aliphatic heterocycles. The summed E-state index contributed by atoms with van der Waals surface area (Å²) in [6.45, 7) is 5.09. The zero-order valence-electron chi connectivity index (χ0n) is 14.5. The molecule has 0 saturated heterocycles. The van der Waals surface area contributed by atoms with Gasteiger partial charge in [0.1, 0.15) is 5.82 Å². The summed E-state index contributed by atoms with van der Waals surface area (Å²) in [4.78, 5) is 26.0. The Morgan fingerprint density at radius 2 is 2.04 bits per heavy atom. The van der Waals surface area contributed by atoms with Crippen LogP contribution in [-0.2, 0) is 24.2 Å². The Kier molecular flexibility index (Phi) is 3.78. The normalized spacial score (nSPS) is 16.5. The maximum Gasteiger partial charge on any atom is 0.251 e. The fourth-order valence-electron chi connectivity index (χ4n) is 3.71. The van der Waals surface area contributed by atoms with Crippen molar-refractivity contribution in [2.24, 2.45) is 0 Å². The van der Waals surface area contributed by atoms with Gasteiger partial charge in [-0.2, -0.15) is 0 Å². The lowest BCUT2D eigenvalue weighted by atomic mass is 10.1. The number of nitrogens with one attached hydrogen (secondary N) is 1. The molecule has 0 spiro atoms. The molecular formula is C18H21N5O2. The molecule has 3 heterocycles. The Hall–Kier alpha value is -2.70. The van der Waals surface area contributed by atoms with Gasteiger partial charge >= 0.3 is 0 Å². The van der Waals surface area contributed by atoms with E-state index in [-0.39, 0.29) is 17.9 Å². The van der Waals surface area contributed by atoms with Gasteiger partial charge in [0, 0.05) is 37.7 Å². The number of anilines is 1. The van der Waals surface area contributed by atoms with Crippen LogP contribution in [0.5, 0.6) is 0 Å². The molecule has 1 aromatic heterocycles. The summed E-state index contributed by atoms with van der Waals surface area (Å²) in [5.41, 5.74) is 2.56. The van der Waals surface area contributed by atoms with Crippen LogP contribution < -0.4 is 10.2 Å². The highest BCUT2D eigenvalue weighted by molar-refractivity contribution is 5.98. The van der Waals surface area contributed by atoms with Crippen molar-refractivity contribution < 1.29 is 9.59 Å². The molecule has 0 aliphatic carbocycles. The number of amides is 2. The van der Waals surface area contributed by atoms with Crippen LogP contribution in [-0.4, -0.2) is 33.1 Å². The molecule has 0 unspecified atom stereocenters. The summed E-state index contributed by atoms with van der Waals surface area (Å²) >= 11 is 0. The Morgan fingerprint density at radius 3 is 2.84 bits per heavy atom. The quantitative estimate of drug-likeness (QED) is 0.921. The molecule has 1 N–H and O–H groups in total. The minimum Gasteiger partial charge on any atom is -0.342 e. The summed E-state index contributed by atoms with van der Waals surface area (Å²) in [5.74, 6) is 1.71. The third-order valence-electron chi connectivity index (χ3n) is 4.99. The van der Waals surface area contributed by atoms with Gasteiger partial charge in [0.2, 0.25) is 5.91 Å². The highest BCUT2D eigenvalue weighted by Crippen LogP contribution is 2.29. The van der Waals surface area contributed by atoms with Gasteiger partial charge in [-0.05, 0) is 43.5 Å². The van der Waals surface area contributed by atoms with Gasteiger partial charge < -0.3 is 14.8 Å². The van der Waals surface area contributed by atoms with Crippen molar-refractivity contribution in [3.63, 3.8) is 0 Å². The number of hydrogen-bond donors (Lipinski definition) is 1. The minimum absolute atomic E-state index is 0.0326. The molecule has 4 rings (SSSR count). The molecule has 2 aliphatic rings. The van der Waals surface area contributed by atoms with E-state index in [2.05, 4.69) is 20.1 Å². The van der Waals surface area contributed by atoms with Gasteiger partial charge in [-0.15, -0.1) is 10.2 Å². The van der Waals surface area contributed by atoms with Crippen molar-refractivity contribution in [3.8, 4) is 0 Å². The Bertz CT molecular complexity index is 857. The van der Waals surface area contributed by atoms with Crippen molar-refractivity contribution in [2.45, 2.75) is 45.7 Å². The molecule has 130 valence electrons. The number of hydrogen-bond acceptors (Lipinski definition) is 4. The van der Waals surface area contributed by atoms with E-state index in [9.17, 15) is 9.59 Å². The average Bonchev–Trinajstić information content (AvgIpc) is 3.28. The van der Waals surface area contributed by atoms with Crippen LogP contribution in [0.1, 0.15) is 53.9 Å². The second-order valence-corrected chi connectivity index (χ2v) is 6.69. The highest BCUT2D eigenvalue weighted by Gasteiger charge is 2.25. The molecule has 1 atom stereocenters. The van der Waals surface area contributed by atoms with Gasteiger partial charge in [0.05, 0.1) is 6.04 Å². The Balaban J connectivity index is 1.51. The lowest BCUT2D eigenvalue weighted by Gasteiger charge is -2.16. The van der Waals surface area contributed by atoms with E-state index >= 15 is 0 Å². The minimum atomic E-state index is -0.200. The second kappa shape index (κ2) is 5.98. The van der Waals surface area contributed by atoms with E-state index in [1.165, 1.54) is 0 Å². The van der Waals surface area contributed by atoms with Crippen LogP contribution in [0.3, 0.4) is 0 Å². The monoisotopic (exact) mass is 339 g/mol. The van der Waals surface area contributed by atoms with E-state index in [1.54, 1.807) is 17.9 Å². The largest absolute Gasteiger partial charge is 0.342 e. The van der Waals surface area contributed by atoms with Crippen molar-refractivity contribution in [1.82, 2.24) is 20.1 Å². The van der Waals surface area contributed by atoms with Crippen molar-refractivity contribution in [1.29, 1.82) is 0 Å². The molecule has 1 aromatic carbocycles. The SMILES string of the molecule is CC(=O)N1CCc2cc(C(=O)N[C@H](C)c3nnc4n3CCC4)ccc21. The van der Waals surface area contributed by atoms with Crippen molar-refractivity contribution >= 4 is 17.5 Å². The number of carbonyl (C=O) groups is 2. The lowest BCUT2D eigenvalue weighted by Crippen LogP contribution is -2.29. The lowest BCUT2D eigenvalue weighted by molar-refractivity contribution is -0.116. The van der Waals surface area contributed by atoms with Gasteiger partial charge in [0.25, 0.3) is 5.91 Å². The molecule has 7 heteroatoms. The number of benzene rings is 1. The predicted molar refractivity (Wildman–Crippen MR) is 92.4 cm³/mol. The number of fused-ring (bicyclic) bond motifs is 2. The van der Waals surface area contributed by atoms with Crippen LogP contribution in [0.25, 0.3) is 0 Å². The number of aryl methyl sites for hydroxylation is 1. The molecular weight excluding hydrogens is 318 g/mol. The first-order chi connectivity index (χ1) is 12.0. The van der Waals surface area contributed by atoms with Gasteiger partial charge in [-0.1, -0.05) is 0 Å². The standard InChI is InChI=1S/C18H21N5O2/c1-11(17-21-20-16-4-3-8-23(16)17)19-18(25)14-5-6-15-13(10-14)7-9-22(15)12(2)24/h5-6,10-11H,3-4,7-9H2,1-2H3,(H,19,25)/t11-/m1/s1. The molecule has 25 heavy (non-hydrogen) atoms. The summed E-state index contributed by atoms with van der Waals surface area (Å²) in [5, 5.41) is 11.4. The van der Waals surface area contributed by atoms with Gasteiger partial charge in [0.15, 0.2) is 5.82 Å². The smallest absolute Gasteiger partial charge is 0.251 e. The maximum atomic E-state index is 12.6. The average molecular weight is 339 g/mol. The Labute approximate surface area is 146 Å². The van der Waals surface area contributed by atoms with Gasteiger partial charge in [-0.25, -0.2) is 0 Å². The fraction of sp³-hybridized carbons (Fsp3) is 0.444. The fourth-order valence-corrected chi connectivity index (χ4v) is 3.71. The van der Waals surface area contributed by atoms with E-state index in [0.717, 1.165) is 48.7 Å². The zero-order valence-corrected chi connectivity index (χ0v) is 14.5.